The fourth-order valence-electron chi connectivity index (χ4n) is 4.54. The van der Waals surface area contributed by atoms with Gasteiger partial charge in [-0.25, -0.2) is 0 Å². The van der Waals surface area contributed by atoms with E-state index >= 15 is 0 Å². The van der Waals surface area contributed by atoms with E-state index in [1.807, 2.05) is 18.2 Å². The second-order valence-corrected chi connectivity index (χ2v) is 9.29. The molecule has 1 aliphatic carbocycles. The van der Waals surface area contributed by atoms with Crippen LogP contribution in [0.4, 0.5) is 0 Å². The maximum atomic E-state index is 13.0. The first-order valence-corrected chi connectivity index (χ1v) is 12.0. The highest BCUT2D eigenvalue weighted by Gasteiger charge is 2.36. The Kier molecular flexibility index (Phi) is 7.44. The van der Waals surface area contributed by atoms with Crippen LogP contribution in [0, 0.1) is 18.8 Å². The molecule has 1 aliphatic heterocycles. The molecule has 1 aromatic rings. The smallest absolute Gasteiger partial charge is 0.232 e. The van der Waals surface area contributed by atoms with Crippen molar-refractivity contribution < 1.29 is 9.59 Å². The number of likely N-dealkylation sites (N-methyl/N-ethyl adjacent to an activating group) is 1. The van der Waals surface area contributed by atoms with Gasteiger partial charge in [0.2, 0.25) is 11.8 Å². The summed E-state index contributed by atoms with van der Waals surface area (Å²) in [5.41, 5.74) is 2.63. The molecular formula is C23H34N2O2S. The van der Waals surface area contributed by atoms with Crippen LogP contribution < -0.4 is 0 Å². The molecule has 0 radical (unpaired) electrons. The largest absolute Gasteiger partial charge is 0.342 e. The number of benzene rings is 1. The Labute approximate surface area is 174 Å². The van der Waals surface area contributed by atoms with Crippen molar-refractivity contribution in [2.24, 2.45) is 11.8 Å². The first kappa shape index (κ1) is 21.2. The van der Waals surface area contributed by atoms with Gasteiger partial charge in [-0.1, -0.05) is 30.7 Å². The molecule has 154 valence electrons. The lowest BCUT2D eigenvalue weighted by Gasteiger charge is -2.42. The second-order valence-electron chi connectivity index (χ2n) is 8.43. The monoisotopic (exact) mass is 402 g/mol. The number of carbonyl (C=O) groups is 2. The third-order valence-corrected chi connectivity index (χ3v) is 7.23. The minimum Gasteiger partial charge on any atom is -0.342 e. The number of amides is 2. The van der Waals surface area contributed by atoms with E-state index in [9.17, 15) is 9.59 Å². The number of rotatable bonds is 7. The van der Waals surface area contributed by atoms with Crippen LogP contribution in [0.3, 0.4) is 0 Å². The van der Waals surface area contributed by atoms with Gasteiger partial charge in [-0.05, 0) is 62.3 Å². The van der Waals surface area contributed by atoms with Crippen LogP contribution in [0.15, 0.2) is 24.3 Å². The summed E-state index contributed by atoms with van der Waals surface area (Å²) in [6.45, 7) is 3.80. The Morgan fingerprint density at radius 3 is 2.43 bits per heavy atom. The van der Waals surface area contributed by atoms with Gasteiger partial charge in [0, 0.05) is 32.1 Å². The SMILES string of the molecule is CSCC(=O)N1CCC(C(Cc2ccccc2C)N(C)C(=O)C2CCC2)CC1. The molecule has 28 heavy (non-hydrogen) atoms. The van der Waals surface area contributed by atoms with E-state index in [0.717, 1.165) is 45.2 Å². The van der Waals surface area contributed by atoms with E-state index in [-0.39, 0.29) is 17.9 Å². The molecule has 1 heterocycles. The van der Waals surface area contributed by atoms with Crippen LogP contribution in [0.25, 0.3) is 0 Å². The van der Waals surface area contributed by atoms with Crippen LogP contribution >= 0.6 is 11.8 Å². The van der Waals surface area contributed by atoms with Gasteiger partial charge < -0.3 is 9.80 Å². The average molecular weight is 403 g/mol. The fraction of sp³-hybridized carbons (Fsp3) is 0.652. The van der Waals surface area contributed by atoms with Gasteiger partial charge in [0.15, 0.2) is 0 Å². The average Bonchev–Trinajstić information content (AvgIpc) is 2.66. The first-order chi connectivity index (χ1) is 13.5. The van der Waals surface area contributed by atoms with E-state index in [2.05, 4.69) is 36.1 Å². The van der Waals surface area contributed by atoms with Gasteiger partial charge in [-0.3, -0.25) is 9.59 Å². The van der Waals surface area contributed by atoms with E-state index in [4.69, 9.17) is 0 Å². The van der Waals surface area contributed by atoms with Gasteiger partial charge in [-0.2, -0.15) is 11.8 Å². The van der Waals surface area contributed by atoms with Crippen LogP contribution in [-0.4, -0.2) is 59.8 Å². The Morgan fingerprint density at radius 1 is 1.18 bits per heavy atom. The summed E-state index contributed by atoms with van der Waals surface area (Å²) >= 11 is 1.59. The summed E-state index contributed by atoms with van der Waals surface area (Å²) in [5, 5.41) is 0. The molecule has 5 heteroatoms. The van der Waals surface area contributed by atoms with Crippen molar-refractivity contribution >= 4 is 23.6 Å². The lowest BCUT2D eigenvalue weighted by molar-refractivity contribution is -0.141. The van der Waals surface area contributed by atoms with Crippen molar-refractivity contribution in [3.05, 3.63) is 35.4 Å². The van der Waals surface area contributed by atoms with Gasteiger partial charge in [0.25, 0.3) is 0 Å². The second kappa shape index (κ2) is 9.82. The summed E-state index contributed by atoms with van der Waals surface area (Å²) in [6.07, 6.45) is 8.12. The van der Waals surface area contributed by atoms with Gasteiger partial charge in [0.1, 0.15) is 0 Å². The summed E-state index contributed by atoms with van der Waals surface area (Å²) in [5.74, 6) is 1.82. The molecule has 3 rings (SSSR count). The predicted molar refractivity (Wildman–Crippen MR) is 116 cm³/mol. The standard InChI is InChI=1S/C23H34N2O2S/c1-17-7-4-5-8-20(17)15-21(24(2)23(27)19-9-6-10-19)18-11-13-25(14-12-18)22(26)16-28-3/h4-5,7-8,18-19,21H,6,9-16H2,1-3H3. The highest BCUT2D eigenvalue weighted by Crippen LogP contribution is 2.32. The first-order valence-electron chi connectivity index (χ1n) is 10.6. The van der Waals surface area contributed by atoms with Crippen LogP contribution in [0.1, 0.15) is 43.2 Å². The van der Waals surface area contributed by atoms with Crippen LogP contribution in [-0.2, 0) is 16.0 Å². The van der Waals surface area contributed by atoms with Crippen molar-refractivity contribution in [3.8, 4) is 0 Å². The van der Waals surface area contributed by atoms with E-state index < -0.39 is 0 Å². The Hall–Kier alpha value is -1.49. The van der Waals surface area contributed by atoms with E-state index in [1.54, 1.807) is 11.8 Å². The van der Waals surface area contributed by atoms with Gasteiger partial charge in [-0.15, -0.1) is 0 Å². The predicted octanol–water partition coefficient (Wildman–Crippen LogP) is 3.77. The number of hydrogen-bond acceptors (Lipinski definition) is 3. The number of aryl methyl sites for hydroxylation is 1. The number of carbonyl (C=O) groups excluding carboxylic acids is 2. The molecule has 1 aromatic carbocycles. The van der Waals surface area contributed by atoms with Crippen molar-refractivity contribution in [2.75, 3.05) is 32.1 Å². The number of thioether (sulfide) groups is 1. The minimum atomic E-state index is 0.215. The lowest BCUT2D eigenvalue weighted by Crippen LogP contribution is -2.50. The highest BCUT2D eigenvalue weighted by molar-refractivity contribution is 7.99. The molecule has 2 amide bonds. The summed E-state index contributed by atoms with van der Waals surface area (Å²) < 4.78 is 0. The third-order valence-electron chi connectivity index (χ3n) is 6.69. The maximum absolute atomic E-state index is 13.0. The summed E-state index contributed by atoms with van der Waals surface area (Å²) in [6, 6.07) is 8.74. The van der Waals surface area contributed by atoms with Gasteiger partial charge in [0.05, 0.1) is 5.75 Å². The Bertz CT molecular complexity index is 681. The van der Waals surface area contributed by atoms with Crippen LogP contribution in [0.2, 0.25) is 0 Å². The zero-order chi connectivity index (χ0) is 20.1. The molecule has 0 bridgehead atoms. The molecule has 0 spiro atoms. The quantitative estimate of drug-likeness (QED) is 0.697. The zero-order valence-electron chi connectivity index (χ0n) is 17.5. The molecule has 0 aromatic heterocycles. The Morgan fingerprint density at radius 2 is 1.86 bits per heavy atom. The molecule has 2 aliphatic rings. The highest BCUT2D eigenvalue weighted by atomic mass is 32.2. The number of likely N-dealkylation sites (tertiary alicyclic amines) is 1. The third kappa shape index (κ3) is 4.91. The zero-order valence-corrected chi connectivity index (χ0v) is 18.3. The van der Waals surface area contributed by atoms with Crippen LogP contribution in [0.5, 0.6) is 0 Å². The van der Waals surface area contributed by atoms with Gasteiger partial charge >= 0.3 is 0 Å². The van der Waals surface area contributed by atoms with Crippen molar-refractivity contribution in [2.45, 2.75) is 51.5 Å². The van der Waals surface area contributed by atoms with Crippen molar-refractivity contribution in [1.29, 1.82) is 0 Å². The normalized spacial score (nSPS) is 19.2. The van der Waals surface area contributed by atoms with Crippen molar-refractivity contribution in [1.82, 2.24) is 9.80 Å². The molecule has 1 atom stereocenters. The molecule has 4 nitrogen and oxygen atoms in total. The summed E-state index contributed by atoms with van der Waals surface area (Å²) in [7, 11) is 2.01. The maximum Gasteiger partial charge on any atom is 0.232 e. The molecule has 0 N–H and O–H groups in total. The van der Waals surface area contributed by atoms with E-state index in [0.29, 0.717) is 17.6 Å². The molecule has 1 saturated carbocycles. The topological polar surface area (TPSA) is 40.6 Å². The number of piperidine rings is 1. The number of hydrogen-bond donors (Lipinski definition) is 0. The molecule has 2 fully saturated rings. The molecule has 1 unspecified atom stereocenters. The Balaban J connectivity index is 1.72. The minimum absolute atomic E-state index is 0.215. The van der Waals surface area contributed by atoms with Crippen molar-refractivity contribution in [3.63, 3.8) is 0 Å². The fourth-order valence-corrected chi connectivity index (χ4v) is 4.97. The van der Waals surface area contributed by atoms with E-state index in [1.165, 1.54) is 17.5 Å². The summed E-state index contributed by atoms with van der Waals surface area (Å²) in [4.78, 5) is 29.3. The lowest BCUT2D eigenvalue weighted by atomic mass is 9.81. The molecule has 1 saturated heterocycles. The number of nitrogens with zero attached hydrogens (tertiary/aromatic N) is 2. The molecular weight excluding hydrogens is 368 g/mol.